The van der Waals surface area contributed by atoms with Crippen molar-refractivity contribution < 1.29 is 9.53 Å². The largest absolute Gasteiger partial charge is 0.385 e. The minimum absolute atomic E-state index is 0.00899. The van der Waals surface area contributed by atoms with E-state index in [0.29, 0.717) is 23.9 Å². The van der Waals surface area contributed by atoms with Crippen LogP contribution in [0.2, 0.25) is 0 Å². The van der Waals surface area contributed by atoms with Crippen LogP contribution >= 0.6 is 0 Å². The molecule has 1 fully saturated rings. The third kappa shape index (κ3) is 5.73. The van der Waals surface area contributed by atoms with Gasteiger partial charge in [-0.1, -0.05) is 18.2 Å². The van der Waals surface area contributed by atoms with Crippen molar-refractivity contribution in [1.29, 1.82) is 0 Å². The summed E-state index contributed by atoms with van der Waals surface area (Å²) >= 11 is 0. The number of rotatable bonds is 8. The number of carbonyl (C=O) groups excluding carboxylic acids is 1. The molecule has 0 unspecified atom stereocenters. The van der Waals surface area contributed by atoms with Crippen molar-refractivity contribution in [2.45, 2.75) is 51.7 Å². The fourth-order valence-electron chi connectivity index (χ4n) is 5.53. The molecule has 10 nitrogen and oxygen atoms in total. The number of hydrogen-bond acceptors (Lipinski definition) is 7. The minimum Gasteiger partial charge on any atom is -0.385 e. The van der Waals surface area contributed by atoms with Crippen LogP contribution in [0.15, 0.2) is 61.1 Å². The van der Waals surface area contributed by atoms with Gasteiger partial charge in [-0.05, 0) is 70.5 Å². The molecule has 0 aliphatic carbocycles. The summed E-state index contributed by atoms with van der Waals surface area (Å²) in [6, 6.07) is 13.8. The van der Waals surface area contributed by atoms with E-state index >= 15 is 0 Å². The second kappa shape index (κ2) is 11.9. The molecule has 0 radical (unpaired) electrons. The van der Waals surface area contributed by atoms with Gasteiger partial charge in [-0.3, -0.25) is 15.2 Å². The van der Waals surface area contributed by atoms with Crippen LogP contribution in [0.3, 0.4) is 0 Å². The molecule has 1 aliphatic heterocycles. The molecule has 0 spiro atoms. The molecule has 10 heteroatoms. The average molecular weight is 541 g/mol. The van der Waals surface area contributed by atoms with E-state index in [1.54, 1.807) is 24.2 Å². The van der Waals surface area contributed by atoms with Gasteiger partial charge >= 0.3 is 6.03 Å². The molecule has 40 heavy (non-hydrogen) atoms. The minimum atomic E-state index is -0.284. The van der Waals surface area contributed by atoms with Crippen molar-refractivity contribution in [3.05, 3.63) is 83.7 Å². The number of aromatic nitrogens is 5. The Labute approximate surface area is 234 Å². The number of benzene rings is 1. The number of hydrogen-bond donors (Lipinski definition) is 2. The molecule has 2 N–H and O–H groups in total. The van der Waals surface area contributed by atoms with Gasteiger partial charge in [-0.25, -0.2) is 19.4 Å². The van der Waals surface area contributed by atoms with Crippen LogP contribution in [0.5, 0.6) is 0 Å². The molecule has 1 aliphatic rings. The van der Waals surface area contributed by atoms with Crippen LogP contribution in [0.1, 0.15) is 41.5 Å². The van der Waals surface area contributed by atoms with E-state index in [1.165, 1.54) is 0 Å². The Hall–Kier alpha value is -4.15. The van der Waals surface area contributed by atoms with Crippen LogP contribution in [-0.2, 0) is 4.74 Å². The second-order valence-corrected chi connectivity index (χ2v) is 10.3. The number of carbonyl (C=O) groups is 1. The molecule has 2 amide bonds. The lowest BCUT2D eigenvalue weighted by Gasteiger charge is -2.28. The predicted molar refractivity (Wildman–Crippen MR) is 154 cm³/mol. The zero-order valence-electron chi connectivity index (χ0n) is 23.6. The third-order valence-electron chi connectivity index (χ3n) is 7.57. The first kappa shape index (κ1) is 27.4. The van der Waals surface area contributed by atoms with Gasteiger partial charge in [0.1, 0.15) is 17.3 Å². The van der Waals surface area contributed by atoms with E-state index in [-0.39, 0.29) is 24.2 Å². The first-order valence-corrected chi connectivity index (χ1v) is 13.5. The smallest absolute Gasteiger partial charge is 0.320 e. The highest BCUT2D eigenvalue weighted by molar-refractivity contribution is 5.91. The Morgan fingerprint density at radius 2 is 1.82 bits per heavy atom. The molecular weight excluding hydrogens is 504 g/mol. The molecule has 1 saturated heterocycles. The van der Waals surface area contributed by atoms with Crippen molar-refractivity contribution in [3.63, 3.8) is 0 Å². The van der Waals surface area contributed by atoms with Crippen molar-refractivity contribution in [3.8, 4) is 16.9 Å². The topological polar surface area (TPSA) is 110 Å². The number of methoxy groups -OCH3 is 1. The third-order valence-corrected chi connectivity index (χ3v) is 7.57. The first-order valence-electron chi connectivity index (χ1n) is 13.5. The Bertz CT molecular complexity index is 1450. The van der Waals surface area contributed by atoms with Gasteiger partial charge in [0.05, 0.1) is 17.8 Å². The fraction of sp³-hybridized carbons (Fsp3) is 0.367. The first-order chi connectivity index (χ1) is 19.4. The number of amides is 2. The molecule has 1 aromatic carbocycles. The maximum atomic E-state index is 13.6. The van der Waals surface area contributed by atoms with Crippen LogP contribution in [-0.4, -0.2) is 68.5 Å². The monoisotopic (exact) mass is 540 g/mol. The highest BCUT2D eigenvalue weighted by atomic mass is 16.5. The quantitative estimate of drug-likeness (QED) is 0.336. The summed E-state index contributed by atoms with van der Waals surface area (Å²) in [6.07, 6.45) is 7.03. The summed E-state index contributed by atoms with van der Waals surface area (Å²) in [5.41, 5.74) is 5.24. The van der Waals surface area contributed by atoms with E-state index in [0.717, 1.165) is 40.9 Å². The van der Waals surface area contributed by atoms with Crippen LogP contribution in [0.25, 0.3) is 16.9 Å². The maximum Gasteiger partial charge on any atom is 0.320 e. The van der Waals surface area contributed by atoms with Crippen molar-refractivity contribution in [1.82, 2.24) is 34.9 Å². The van der Waals surface area contributed by atoms with Crippen LogP contribution in [0, 0.1) is 20.8 Å². The molecule has 5 rings (SSSR count). The Balaban J connectivity index is 1.44. The number of nitrogens with one attached hydrogen (secondary N) is 2. The molecule has 4 heterocycles. The number of aryl methyl sites for hydroxylation is 2. The lowest BCUT2D eigenvalue weighted by Crippen LogP contribution is -2.41. The summed E-state index contributed by atoms with van der Waals surface area (Å²) in [7, 11) is 3.84. The number of likely N-dealkylation sites (tertiary alicyclic amines) is 1. The molecular formula is C30H36N8O2. The zero-order valence-corrected chi connectivity index (χ0v) is 23.6. The number of urea groups is 1. The summed E-state index contributed by atoms with van der Waals surface area (Å²) in [5, 5.41) is 11.3. The second-order valence-electron chi connectivity index (χ2n) is 10.3. The Kier molecular flexibility index (Phi) is 8.18. The van der Waals surface area contributed by atoms with Gasteiger partial charge in [-0.15, -0.1) is 0 Å². The number of pyridine rings is 1. The number of likely N-dealkylation sites (N-methyl/N-ethyl adjacent to an activating group) is 1. The highest BCUT2D eigenvalue weighted by Gasteiger charge is 2.40. The maximum absolute atomic E-state index is 13.6. The van der Waals surface area contributed by atoms with Gasteiger partial charge in [0.25, 0.3) is 0 Å². The molecule has 3 atom stereocenters. The van der Waals surface area contributed by atoms with E-state index in [2.05, 4.69) is 43.6 Å². The van der Waals surface area contributed by atoms with E-state index < -0.39 is 0 Å². The number of nitrogens with zero attached hydrogens (tertiary/aromatic N) is 6. The number of ether oxygens (including phenoxy) is 1. The normalized spacial score (nSPS) is 19.1. The van der Waals surface area contributed by atoms with Crippen LogP contribution in [0.4, 0.5) is 10.6 Å². The van der Waals surface area contributed by atoms with Gasteiger partial charge in [0, 0.05) is 55.2 Å². The fourth-order valence-corrected chi connectivity index (χ4v) is 5.53. The van der Waals surface area contributed by atoms with Gasteiger partial charge < -0.3 is 10.1 Å². The lowest BCUT2D eigenvalue weighted by atomic mass is 10.00. The van der Waals surface area contributed by atoms with Crippen molar-refractivity contribution >= 4 is 11.8 Å². The summed E-state index contributed by atoms with van der Waals surface area (Å²) < 4.78 is 7.13. The van der Waals surface area contributed by atoms with Gasteiger partial charge in [0.15, 0.2) is 0 Å². The van der Waals surface area contributed by atoms with Crippen molar-refractivity contribution in [2.24, 2.45) is 0 Å². The van der Waals surface area contributed by atoms with Crippen molar-refractivity contribution in [2.75, 3.05) is 26.1 Å². The summed E-state index contributed by atoms with van der Waals surface area (Å²) in [5.74, 6) is 1.28. The highest BCUT2D eigenvalue weighted by Crippen LogP contribution is 2.37. The number of anilines is 1. The average Bonchev–Trinajstić information content (AvgIpc) is 3.43. The molecule has 0 saturated carbocycles. The SMILES string of the molecule is COCC[C@@H]1C[C@@H](NC(=O)Nc2c(C)c(-c3cnc(C)nc3)nn2-c2ccccc2)[C@H](c2ccnc(C)c2)N1C. The Morgan fingerprint density at radius 3 is 2.52 bits per heavy atom. The van der Waals surface area contributed by atoms with Gasteiger partial charge in [0.2, 0.25) is 0 Å². The zero-order chi connectivity index (χ0) is 28.2. The standard InChI is InChI=1S/C30H36N8O2/c1-19-15-22(11-13-31-19)28-26(16-25(37(28)4)12-14-40-5)34-30(39)35-29-20(2)27(23-17-32-21(3)33-18-23)36-38(29)24-9-7-6-8-10-24/h6-11,13,15,17-18,25-26,28H,12,14,16H2,1-5H3,(H2,34,35,39)/t25-,26-,28+/m1/s1. The number of para-hydroxylation sites is 1. The van der Waals surface area contributed by atoms with E-state index in [4.69, 9.17) is 9.84 Å². The summed E-state index contributed by atoms with van der Waals surface area (Å²) in [4.78, 5) is 29.0. The van der Waals surface area contributed by atoms with E-state index in [1.807, 2.05) is 63.4 Å². The Morgan fingerprint density at radius 1 is 1.07 bits per heavy atom. The molecule has 208 valence electrons. The van der Waals surface area contributed by atoms with E-state index in [9.17, 15) is 4.79 Å². The van der Waals surface area contributed by atoms with Gasteiger partial charge in [-0.2, -0.15) is 5.10 Å². The van der Waals surface area contributed by atoms with Crippen LogP contribution < -0.4 is 10.6 Å². The molecule has 4 aromatic rings. The lowest BCUT2D eigenvalue weighted by molar-refractivity contribution is 0.150. The summed E-state index contributed by atoms with van der Waals surface area (Å²) in [6.45, 7) is 6.44. The molecule has 3 aromatic heterocycles. The predicted octanol–water partition coefficient (Wildman–Crippen LogP) is 4.62. The molecule has 0 bridgehead atoms.